The molecule has 4 heteroatoms. The second-order valence-electron chi connectivity index (χ2n) is 3.66. The van der Waals surface area contributed by atoms with E-state index < -0.39 is 0 Å². The first kappa shape index (κ1) is 10.7. The third-order valence-corrected chi connectivity index (χ3v) is 2.37. The maximum atomic E-state index is 5.77. The number of benzene rings is 1. The minimum absolute atomic E-state index is 0.465. The van der Waals surface area contributed by atoms with Crippen LogP contribution in [-0.4, -0.2) is 9.78 Å². The fraction of sp³-hybridized carbons (Fsp3) is 0.250. The topological polar surface area (TPSA) is 53.1 Å². The summed E-state index contributed by atoms with van der Waals surface area (Å²) < 4.78 is 7.48. The van der Waals surface area contributed by atoms with E-state index in [0.717, 1.165) is 22.9 Å². The van der Waals surface area contributed by atoms with Crippen molar-refractivity contribution in [2.75, 3.05) is 0 Å². The monoisotopic (exact) mass is 217 g/mol. The molecule has 0 unspecified atom stereocenters. The summed E-state index contributed by atoms with van der Waals surface area (Å²) in [6, 6.07) is 9.64. The molecular weight excluding hydrogens is 202 g/mol. The van der Waals surface area contributed by atoms with Crippen molar-refractivity contribution in [3.63, 3.8) is 0 Å². The van der Waals surface area contributed by atoms with Crippen LogP contribution in [-0.2, 0) is 13.6 Å². The molecule has 0 radical (unpaired) electrons. The van der Waals surface area contributed by atoms with Gasteiger partial charge in [-0.2, -0.15) is 5.10 Å². The first-order chi connectivity index (χ1) is 7.70. The van der Waals surface area contributed by atoms with Gasteiger partial charge in [0.2, 0.25) is 5.88 Å². The van der Waals surface area contributed by atoms with Gasteiger partial charge in [-0.25, -0.2) is 4.68 Å². The average Bonchev–Trinajstić information content (AvgIpc) is 2.58. The Morgan fingerprint density at radius 2 is 2.12 bits per heavy atom. The van der Waals surface area contributed by atoms with Crippen LogP contribution in [0.1, 0.15) is 11.3 Å². The fourth-order valence-electron chi connectivity index (χ4n) is 1.57. The number of nitrogens with zero attached hydrogens (tertiary/aromatic N) is 2. The van der Waals surface area contributed by atoms with Crippen LogP contribution in [0.3, 0.4) is 0 Å². The van der Waals surface area contributed by atoms with Crippen molar-refractivity contribution in [1.82, 2.24) is 9.78 Å². The van der Waals surface area contributed by atoms with E-state index in [-0.39, 0.29) is 0 Å². The largest absolute Gasteiger partial charge is 0.439 e. The molecule has 0 amide bonds. The molecule has 1 aromatic heterocycles. The van der Waals surface area contributed by atoms with Crippen LogP contribution in [0, 0.1) is 6.92 Å². The maximum absolute atomic E-state index is 5.77. The molecule has 0 aliphatic carbocycles. The highest BCUT2D eigenvalue weighted by Crippen LogP contribution is 2.24. The van der Waals surface area contributed by atoms with Crippen molar-refractivity contribution in [3.8, 4) is 11.6 Å². The molecule has 2 aromatic rings. The minimum Gasteiger partial charge on any atom is -0.439 e. The van der Waals surface area contributed by atoms with Gasteiger partial charge in [-0.3, -0.25) is 0 Å². The standard InChI is InChI=1S/C12H15N3O/c1-9-7-12(15(2)14-9)16-11-6-4-3-5-10(11)8-13/h3-7H,8,13H2,1-2H3. The summed E-state index contributed by atoms with van der Waals surface area (Å²) >= 11 is 0. The van der Waals surface area contributed by atoms with Gasteiger partial charge in [0.25, 0.3) is 0 Å². The molecule has 16 heavy (non-hydrogen) atoms. The van der Waals surface area contributed by atoms with Gasteiger partial charge in [0, 0.05) is 25.2 Å². The van der Waals surface area contributed by atoms with E-state index in [1.54, 1.807) is 4.68 Å². The Labute approximate surface area is 94.6 Å². The molecule has 0 fully saturated rings. The lowest BCUT2D eigenvalue weighted by Gasteiger charge is -2.09. The van der Waals surface area contributed by atoms with Crippen LogP contribution in [0.25, 0.3) is 0 Å². The van der Waals surface area contributed by atoms with E-state index >= 15 is 0 Å². The Morgan fingerprint density at radius 3 is 2.75 bits per heavy atom. The number of ether oxygens (including phenoxy) is 1. The van der Waals surface area contributed by atoms with Crippen molar-refractivity contribution in [3.05, 3.63) is 41.6 Å². The number of nitrogens with two attached hydrogens (primary N) is 1. The van der Waals surface area contributed by atoms with E-state index in [9.17, 15) is 0 Å². The van der Waals surface area contributed by atoms with Crippen LogP contribution >= 0.6 is 0 Å². The van der Waals surface area contributed by atoms with Crippen LogP contribution < -0.4 is 10.5 Å². The second kappa shape index (κ2) is 4.37. The van der Waals surface area contributed by atoms with Gasteiger partial charge in [-0.15, -0.1) is 0 Å². The zero-order valence-electron chi connectivity index (χ0n) is 9.47. The predicted octanol–water partition coefficient (Wildman–Crippen LogP) is 1.98. The lowest BCUT2D eigenvalue weighted by atomic mass is 10.2. The predicted molar refractivity (Wildman–Crippen MR) is 62.4 cm³/mol. The summed E-state index contributed by atoms with van der Waals surface area (Å²) in [5.41, 5.74) is 7.57. The molecule has 0 bridgehead atoms. The molecule has 2 N–H and O–H groups in total. The fourth-order valence-corrected chi connectivity index (χ4v) is 1.57. The molecule has 1 aromatic carbocycles. The van der Waals surface area contributed by atoms with Gasteiger partial charge in [0.15, 0.2) is 0 Å². The van der Waals surface area contributed by atoms with Crippen molar-refractivity contribution in [2.24, 2.45) is 12.8 Å². The highest BCUT2D eigenvalue weighted by atomic mass is 16.5. The number of aryl methyl sites for hydroxylation is 2. The van der Waals surface area contributed by atoms with Crippen LogP contribution in [0.2, 0.25) is 0 Å². The molecule has 4 nitrogen and oxygen atoms in total. The van der Waals surface area contributed by atoms with Crippen molar-refractivity contribution < 1.29 is 4.74 Å². The van der Waals surface area contributed by atoms with E-state index in [1.807, 2.05) is 44.3 Å². The average molecular weight is 217 g/mol. The molecule has 0 atom stereocenters. The number of hydrogen-bond donors (Lipinski definition) is 1. The zero-order chi connectivity index (χ0) is 11.5. The molecule has 0 saturated carbocycles. The highest BCUT2D eigenvalue weighted by molar-refractivity contribution is 5.36. The van der Waals surface area contributed by atoms with Gasteiger partial charge in [0.1, 0.15) is 5.75 Å². The normalized spacial score (nSPS) is 10.4. The second-order valence-corrected chi connectivity index (χ2v) is 3.66. The van der Waals surface area contributed by atoms with E-state index in [1.165, 1.54) is 0 Å². The first-order valence-corrected chi connectivity index (χ1v) is 5.17. The van der Waals surface area contributed by atoms with E-state index in [0.29, 0.717) is 6.54 Å². The maximum Gasteiger partial charge on any atom is 0.217 e. The molecule has 0 saturated heterocycles. The number of rotatable bonds is 3. The van der Waals surface area contributed by atoms with Crippen LogP contribution in [0.5, 0.6) is 11.6 Å². The lowest BCUT2D eigenvalue weighted by molar-refractivity contribution is 0.426. The third kappa shape index (κ3) is 2.06. The molecular formula is C12H15N3O. The van der Waals surface area contributed by atoms with Crippen molar-refractivity contribution >= 4 is 0 Å². The van der Waals surface area contributed by atoms with E-state index in [2.05, 4.69) is 5.10 Å². The summed E-state index contributed by atoms with van der Waals surface area (Å²) in [6.07, 6.45) is 0. The van der Waals surface area contributed by atoms with Gasteiger partial charge >= 0.3 is 0 Å². The van der Waals surface area contributed by atoms with Crippen LogP contribution in [0.4, 0.5) is 0 Å². The third-order valence-electron chi connectivity index (χ3n) is 2.37. The highest BCUT2D eigenvalue weighted by Gasteiger charge is 2.07. The summed E-state index contributed by atoms with van der Waals surface area (Å²) in [5, 5.41) is 4.22. The van der Waals surface area contributed by atoms with Crippen molar-refractivity contribution in [1.29, 1.82) is 0 Å². The van der Waals surface area contributed by atoms with Crippen LogP contribution in [0.15, 0.2) is 30.3 Å². The SMILES string of the molecule is Cc1cc(Oc2ccccc2CN)n(C)n1. The van der Waals surface area contributed by atoms with Gasteiger partial charge in [-0.05, 0) is 13.0 Å². The lowest BCUT2D eigenvalue weighted by Crippen LogP contribution is -2.01. The Morgan fingerprint density at radius 1 is 1.38 bits per heavy atom. The molecule has 84 valence electrons. The summed E-state index contributed by atoms with van der Waals surface area (Å²) in [5.74, 6) is 1.51. The number of aromatic nitrogens is 2. The summed E-state index contributed by atoms with van der Waals surface area (Å²) in [7, 11) is 1.85. The Balaban J connectivity index is 2.30. The zero-order valence-corrected chi connectivity index (χ0v) is 9.47. The molecule has 1 heterocycles. The van der Waals surface area contributed by atoms with Gasteiger partial charge < -0.3 is 10.5 Å². The minimum atomic E-state index is 0.465. The Hall–Kier alpha value is -1.81. The van der Waals surface area contributed by atoms with Crippen molar-refractivity contribution in [2.45, 2.75) is 13.5 Å². The quantitative estimate of drug-likeness (QED) is 0.855. The molecule has 2 rings (SSSR count). The Kier molecular flexibility index (Phi) is 2.92. The smallest absolute Gasteiger partial charge is 0.217 e. The summed E-state index contributed by atoms with van der Waals surface area (Å²) in [6.45, 7) is 2.40. The first-order valence-electron chi connectivity index (χ1n) is 5.17. The Bertz CT molecular complexity index is 491. The van der Waals surface area contributed by atoms with E-state index in [4.69, 9.17) is 10.5 Å². The molecule has 0 aliphatic rings. The molecule has 0 spiro atoms. The summed E-state index contributed by atoms with van der Waals surface area (Å²) in [4.78, 5) is 0. The number of hydrogen-bond acceptors (Lipinski definition) is 3. The number of para-hydroxylation sites is 1. The van der Waals surface area contributed by atoms with Gasteiger partial charge in [-0.1, -0.05) is 18.2 Å². The molecule has 0 aliphatic heterocycles. The van der Waals surface area contributed by atoms with Gasteiger partial charge in [0.05, 0.1) is 5.69 Å².